The molecular weight excluding hydrogens is 294 g/mol. The van der Waals surface area contributed by atoms with Crippen LogP contribution in [-0.4, -0.2) is 20.4 Å². The van der Waals surface area contributed by atoms with Crippen molar-refractivity contribution < 1.29 is 4.79 Å². The molecule has 0 atom stereocenters. The zero-order valence-electron chi connectivity index (χ0n) is 13.5. The molecule has 0 radical (unpaired) electrons. The second kappa shape index (κ2) is 5.56. The molecular formula is C19H26ClNO. The van der Waals surface area contributed by atoms with Gasteiger partial charge in [-0.15, -0.1) is 12.4 Å². The van der Waals surface area contributed by atoms with Crippen LogP contribution < -0.4 is 4.90 Å². The fourth-order valence-corrected chi connectivity index (χ4v) is 5.83. The Morgan fingerprint density at radius 3 is 2.05 bits per heavy atom. The van der Waals surface area contributed by atoms with Crippen molar-refractivity contribution in [1.29, 1.82) is 0 Å². The minimum absolute atomic E-state index is 0. The Labute approximate surface area is 139 Å². The summed E-state index contributed by atoms with van der Waals surface area (Å²) in [5.74, 6) is 2.75. The standard InChI is InChI=1S/C19H25NO.ClH/c1-20(2)17-4-3-16(12-21)18(8-17)19-9-13-5-14(10-19)7-15(6-13)11-19;/h3-4,8,12-15H,5-7,9-11H2,1-2H3;1H. The zero-order chi connectivity index (χ0) is 14.6. The van der Waals surface area contributed by atoms with E-state index in [-0.39, 0.29) is 12.4 Å². The minimum Gasteiger partial charge on any atom is -0.378 e. The van der Waals surface area contributed by atoms with E-state index in [9.17, 15) is 4.79 Å². The Kier molecular flexibility index (Phi) is 4.01. The summed E-state index contributed by atoms with van der Waals surface area (Å²) in [5.41, 5.74) is 3.81. The molecule has 4 bridgehead atoms. The number of carbonyl (C=O) groups excluding carboxylic acids is 1. The average molecular weight is 320 g/mol. The third kappa shape index (κ3) is 2.36. The van der Waals surface area contributed by atoms with Crippen LogP contribution in [0.2, 0.25) is 0 Å². The topological polar surface area (TPSA) is 20.3 Å². The van der Waals surface area contributed by atoms with Gasteiger partial charge in [-0.25, -0.2) is 0 Å². The molecule has 4 fully saturated rings. The predicted molar refractivity (Wildman–Crippen MR) is 93.3 cm³/mol. The minimum atomic E-state index is 0. The van der Waals surface area contributed by atoms with E-state index >= 15 is 0 Å². The van der Waals surface area contributed by atoms with Gasteiger partial charge in [0.1, 0.15) is 6.29 Å². The van der Waals surface area contributed by atoms with E-state index in [0.717, 1.165) is 29.6 Å². The maximum atomic E-state index is 11.6. The van der Waals surface area contributed by atoms with Crippen molar-refractivity contribution in [2.45, 2.75) is 43.9 Å². The highest BCUT2D eigenvalue weighted by atomic mass is 35.5. The Hall–Kier alpha value is -1.02. The Bertz CT molecular complexity index is 546. The summed E-state index contributed by atoms with van der Waals surface area (Å²) in [7, 11) is 4.17. The number of anilines is 1. The smallest absolute Gasteiger partial charge is 0.150 e. The van der Waals surface area contributed by atoms with Gasteiger partial charge in [-0.2, -0.15) is 0 Å². The molecule has 22 heavy (non-hydrogen) atoms. The monoisotopic (exact) mass is 319 g/mol. The Morgan fingerprint density at radius 1 is 1.05 bits per heavy atom. The van der Waals surface area contributed by atoms with Gasteiger partial charge < -0.3 is 4.90 Å². The number of hydrogen-bond donors (Lipinski definition) is 0. The van der Waals surface area contributed by atoms with E-state index in [1.807, 2.05) is 6.07 Å². The number of nitrogens with zero attached hydrogens (tertiary/aromatic N) is 1. The van der Waals surface area contributed by atoms with Gasteiger partial charge >= 0.3 is 0 Å². The number of carbonyl (C=O) groups is 1. The number of halogens is 1. The summed E-state index contributed by atoms with van der Waals surface area (Å²) >= 11 is 0. The normalized spacial score (nSPS) is 35.1. The summed E-state index contributed by atoms with van der Waals surface area (Å²) in [6.45, 7) is 0. The summed E-state index contributed by atoms with van der Waals surface area (Å²) in [6, 6.07) is 6.42. The second-order valence-corrected chi connectivity index (χ2v) is 7.98. The lowest BCUT2D eigenvalue weighted by Crippen LogP contribution is -2.49. The van der Waals surface area contributed by atoms with Gasteiger partial charge in [-0.3, -0.25) is 4.79 Å². The van der Waals surface area contributed by atoms with Crippen LogP contribution >= 0.6 is 12.4 Å². The van der Waals surface area contributed by atoms with E-state index in [2.05, 4.69) is 31.1 Å². The molecule has 3 heteroatoms. The number of aldehydes is 1. The maximum Gasteiger partial charge on any atom is 0.150 e. The summed E-state index contributed by atoms with van der Waals surface area (Å²) in [4.78, 5) is 13.7. The van der Waals surface area contributed by atoms with Gasteiger partial charge in [0.05, 0.1) is 0 Å². The first kappa shape index (κ1) is 15.9. The molecule has 0 heterocycles. The molecule has 2 nitrogen and oxygen atoms in total. The van der Waals surface area contributed by atoms with Crippen LogP contribution in [0.3, 0.4) is 0 Å². The maximum absolute atomic E-state index is 11.6. The van der Waals surface area contributed by atoms with Crippen molar-refractivity contribution in [2.24, 2.45) is 17.8 Å². The van der Waals surface area contributed by atoms with Crippen molar-refractivity contribution in [3.8, 4) is 0 Å². The quantitative estimate of drug-likeness (QED) is 0.767. The molecule has 4 aliphatic carbocycles. The fraction of sp³-hybridized carbons (Fsp3) is 0.632. The average Bonchev–Trinajstić information content (AvgIpc) is 2.45. The molecule has 0 aromatic heterocycles. The van der Waals surface area contributed by atoms with Crippen molar-refractivity contribution >= 4 is 24.4 Å². The number of benzene rings is 1. The Morgan fingerprint density at radius 2 is 1.59 bits per heavy atom. The molecule has 1 aromatic carbocycles. The summed E-state index contributed by atoms with van der Waals surface area (Å²) in [6.07, 6.45) is 9.37. The van der Waals surface area contributed by atoms with Crippen molar-refractivity contribution in [1.82, 2.24) is 0 Å². The first-order valence-electron chi connectivity index (χ1n) is 8.37. The highest BCUT2D eigenvalue weighted by molar-refractivity contribution is 5.85. The van der Waals surface area contributed by atoms with E-state index in [4.69, 9.17) is 0 Å². The highest BCUT2D eigenvalue weighted by Crippen LogP contribution is 2.61. The molecule has 1 aromatic rings. The summed E-state index contributed by atoms with van der Waals surface area (Å²) < 4.78 is 0. The second-order valence-electron chi connectivity index (χ2n) is 7.98. The third-order valence-electron chi connectivity index (χ3n) is 6.29. The predicted octanol–water partition coefficient (Wildman–Crippen LogP) is 4.45. The van der Waals surface area contributed by atoms with Crippen molar-refractivity contribution in [3.63, 3.8) is 0 Å². The van der Waals surface area contributed by atoms with Gasteiger partial charge in [0.2, 0.25) is 0 Å². The SMILES string of the molecule is CN(C)c1ccc(C=O)c(C23CC4CC(CC(C4)C2)C3)c1.Cl. The molecule has 0 amide bonds. The molecule has 0 spiro atoms. The van der Waals surface area contributed by atoms with Gasteiger partial charge in [0.15, 0.2) is 0 Å². The van der Waals surface area contributed by atoms with Crippen LogP contribution in [0, 0.1) is 17.8 Å². The first-order valence-corrected chi connectivity index (χ1v) is 8.37. The molecule has 0 N–H and O–H groups in total. The molecule has 4 aliphatic rings. The van der Waals surface area contributed by atoms with Crippen LogP contribution in [-0.2, 0) is 5.41 Å². The zero-order valence-corrected chi connectivity index (χ0v) is 14.4. The van der Waals surface area contributed by atoms with E-state index < -0.39 is 0 Å². The summed E-state index contributed by atoms with van der Waals surface area (Å²) in [5, 5.41) is 0. The number of rotatable bonds is 3. The lowest BCUT2D eigenvalue weighted by atomic mass is 9.47. The van der Waals surface area contributed by atoms with Crippen LogP contribution in [0.4, 0.5) is 5.69 Å². The van der Waals surface area contributed by atoms with E-state index in [1.54, 1.807) is 0 Å². The molecule has 4 saturated carbocycles. The van der Waals surface area contributed by atoms with E-state index in [0.29, 0.717) is 5.41 Å². The fourth-order valence-electron chi connectivity index (χ4n) is 5.83. The number of hydrogen-bond acceptors (Lipinski definition) is 2. The van der Waals surface area contributed by atoms with Crippen molar-refractivity contribution in [3.05, 3.63) is 29.3 Å². The molecule has 0 saturated heterocycles. The molecule has 120 valence electrons. The van der Waals surface area contributed by atoms with Crippen LogP contribution in [0.15, 0.2) is 18.2 Å². The van der Waals surface area contributed by atoms with Gasteiger partial charge in [0.25, 0.3) is 0 Å². The molecule has 5 rings (SSSR count). The van der Waals surface area contributed by atoms with Crippen LogP contribution in [0.25, 0.3) is 0 Å². The Balaban J connectivity index is 0.00000144. The van der Waals surface area contributed by atoms with Gasteiger partial charge in [-0.05, 0) is 85.5 Å². The first-order chi connectivity index (χ1) is 10.1. The third-order valence-corrected chi connectivity index (χ3v) is 6.29. The van der Waals surface area contributed by atoms with E-state index in [1.165, 1.54) is 49.8 Å². The van der Waals surface area contributed by atoms with Crippen molar-refractivity contribution in [2.75, 3.05) is 19.0 Å². The lowest BCUT2D eigenvalue weighted by molar-refractivity contribution is -0.00541. The highest BCUT2D eigenvalue weighted by Gasteiger charge is 2.52. The molecule has 0 aliphatic heterocycles. The molecule has 0 unspecified atom stereocenters. The van der Waals surface area contributed by atoms with Gasteiger partial charge in [-0.1, -0.05) is 0 Å². The van der Waals surface area contributed by atoms with Crippen LogP contribution in [0.5, 0.6) is 0 Å². The lowest BCUT2D eigenvalue weighted by Gasteiger charge is -2.57. The van der Waals surface area contributed by atoms with Gasteiger partial charge in [0, 0.05) is 25.3 Å². The van der Waals surface area contributed by atoms with Crippen LogP contribution in [0.1, 0.15) is 54.4 Å². The largest absolute Gasteiger partial charge is 0.378 e.